The van der Waals surface area contributed by atoms with Crippen molar-refractivity contribution >= 4 is 11.5 Å². The number of aryl methyl sites for hydroxylation is 1. The molecule has 0 N–H and O–H groups in total. The van der Waals surface area contributed by atoms with Crippen LogP contribution >= 0.6 is 0 Å². The first kappa shape index (κ1) is 16.6. The van der Waals surface area contributed by atoms with Crippen LogP contribution in [0.15, 0.2) is 36.8 Å². The van der Waals surface area contributed by atoms with Gasteiger partial charge in [0.15, 0.2) is 11.5 Å². The van der Waals surface area contributed by atoms with Crippen molar-refractivity contribution in [3.8, 4) is 0 Å². The van der Waals surface area contributed by atoms with Gasteiger partial charge in [0.25, 0.3) is 0 Å². The molecule has 0 atom stereocenters. The molecule has 1 aliphatic carbocycles. The average molecular weight is 363 g/mol. The number of anilines is 1. The third-order valence-corrected chi connectivity index (χ3v) is 5.69. The molecule has 3 aromatic heterocycles. The van der Waals surface area contributed by atoms with Crippen molar-refractivity contribution in [3.63, 3.8) is 0 Å². The van der Waals surface area contributed by atoms with Gasteiger partial charge in [-0.05, 0) is 44.7 Å². The van der Waals surface area contributed by atoms with Crippen LogP contribution in [0.1, 0.15) is 37.2 Å². The molecule has 1 saturated heterocycles. The van der Waals surface area contributed by atoms with Crippen LogP contribution in [-0.4, -0.2) is 54.6 Å². The Hall–Kier alpha value is -2.54. The lowest BCUT2D eigenvalue weighted by Gasteiger charge is -2.39. The van der Waals surface area contributed by atoms with Gasteiger partial charge in [-0.1, -0.05) is 6.07 Å². The molecule has 2 fully saturated rings. The predicted octanol–water partition coefficient (Wildman–Crippen LogP) is 2.46. The Morgan fingerprint density at radius 1 is 1.04 bits per heavy atom. The first-order valence-electron chi connectivity index (χ1n) is 9.86. The van der Waals surface area contributed by atoms with Crippen molar-refractivity contribution in [1.29, 1.82) is 0 Å². The van der Waals surface area contributed by atoms with Crippen LogP contribution in [0.3, 0.4) is 0 Å². The molecule has 7 heteroatoms. The molecule has 0 spiro atoms. The van der Waals surface area contributed by atoms with E-state index in [4.69, 9.17) is 0 Å². The van der Waals surface area contributed by atoms with E-state index in [-0.39, 0.29) is 0 Å². The fourth-order valence-electron chi connectivity index (χ4n) is 4.16. The monoisotopic (exact) mass is 363 g/mol. The standard InChI is InChI=1S/C20H25N7/c1-15-12-19(22-14-21-15)27(16-5-6-16)17-7-10-25(11-8-17)13-20-24-23-18-4-2-3-9-26(18)20/h2-4,9,12,14,16-17H,5-8,10-11,13H2,1H3. The summed E-state index contributed by atoms with van der Waals surface area (Å²) >= 11 is 0. The molecule has 0 aromatic carbocycles. The van der Waals surface area contributed by atoms with Gasteiger partial charge in [0.2, 0.25) is 0 Å². The van der Waals surface area contributed by atoms with Crippen LogP contribution in [0.5, 0.6) is 0 Å². The summed E-state index contributed by atoms with van der Waals surface area (Å²) in [6, 6.07) is 9.39. The van der Waals surface area contributed by atoms with Crippen molar-refractivity contribution in [3.05, 3.63) is 48.3 Å². The van der Waals surface area contributed by atoms with E-state index >= 15 is 0 Å². The second kappa shape index (κ2) is 6.88. The van der Waals surface area contributed by atoms with Crippen molar-refractivity contribution in [2.45, 2.75) is 51.2 Å². The van der Waals surface area contributed by atoms with E-state index in [1.54, 1.807) is 6.33 Å². The number of aromatic nitrogens is 5. The summed E-state index contributed by atoms with van der Waals surface area (Å²) in [5.41, 5.74) is 1.96. The highest BCUT2D eigenvalue weighted by atomic mass is 15.3. The average Bonchev–Trinajstić information content (AvgIpc) is 3.44. The lowest BCUT2D eigenvalue weighted by molar-refractivity contribution is 0.195. The second-order valence-electron chi connectivity index (χ2n) is 7.71. The van der Waals surface area contributed by atoms with Crippen molar-refractivity contribution in [1.82, 2.24) is 29.5 Å². The van der Waals surface area contributed by atoms with Crippen LogP contribution < -0.4 is 4.90 Å². The molecule has 0 amide bonds. The molecule has 7 nitrogen and oxygen atoms in total. The molecule has 0 unspecified atom stereocenters. The summed E-state index contributed by atoms with van der Waals surface area (Å²) in [6.45, 7) is 5.06. The van der Waals surface area contributed by atoms with Crippen LogP contribution in [0.25, 0.3) is 5.65 Å². The molecular formula is C20H25N7. The van der Waals surface area contributed by atoms with Gasteiger partial charge >= 0.3 is 0 Å². The van der Waals surface area contributed by atoms with E-state index in [0.29, 0.717) is 12.1 Å². The maximum atomic E-state index is 4.57. The lowest BCUT2D eigenvalue weighted by atomic mass is 10.0. The normalized spacial score (nSPS) is 18.9. The predicted molar refractivity (Wildman–Crippen MR) is 104 cm³/mol. The smallest absolute Gasteiger partial charge is 0.160 e. The summed E-state index contributed by atoms with van der Waals surface area (Å²) < 4.78 is 2.09. The Labute approximate surface area is 159 Å². The first-order chi connectivity index (χ1) is 13.3. The Morgan fingerprint density at radius 2 is 1.85 bits per heavy atom. The number of hydrogen-bond acceptors (Lipinski definition) is 6. The summed E-state index contributed by atoms with van der Waals surface area (Å²) in [6.07, 6.45) is 8.64. The summed E-state index contributed by atoms with van der Waals surface area (Å²) in [4.78, 5) is 13.9. The zero-order valence-electron chi connectivity index (χ0n) is 15.7. The number of piperidine rings is 1. The maximum absolute atomic E-state index is 4.57. The summed E-state index contributed by atoms with van der Waals surface area (Å²) in [5.74, 6) is 2.13. The third kappa shape index (κ3) is 3.39. The van der Waals surface area contributed by atoms with Crippen LogP contribution in [0, 0.1) is 6.92 Å². The largest absolute Gasteiger partial charge is 0.350 e. The number of likely N-dealkylation sites (tertiary alicyclic amines) is 1. The molecule has 0 bridgehead atoms. The quantitative estimate of drug-likeness (QED) is 0.694. The zero-order valence-corrected chi connectivity index (χ0v) is 15.7. The molecule has 4 heterocycles. The van der Waals surface area contributed by atoms with Crippen LogP contribution in [-0.2, 0) is 6.54 Å². The Kier molecular flexibility index (Phi) is 4.24. The summed E-state index contributed by atoms with van der Waals surface area (Å²) in [5, 5.41) is 8.65. The number of fused-ring (bicyclic) bond motifs is 1. The molecule has 2 aliphatic rings. The minimum Gasteiger partial charge on any atom is -0.350 e. The minimum absolute atomic E-state index is 0.568. The highest BCUT2D eigenvalue weighted by molar-refractivity contribution is 5.43. The first-order valence-corrected chi connectivity index (χ1v) is 9.86. The highest BCUT2D eigenvalue weighted by Crippen LogP contribution is 2.35. The highest BCUT2D eigenvalue weighted by Gasteiger charge is 2.36. The Balaban J connectivity index is 1.26. The SMILES string of the molecule is Cc1cc(N(C2CC2)C2CCN(Cc3nnc4ccccn34)CC2)ncn1. The Morgan fingerprint density at radius 3 is 2.63 bits per heavy atom. The maximum Gasteiger partial charge on any atom is 0.160 e. The van der Waals surface area contributed by atoms with Crippen molar-refractivity contribution < 1.29 is 0 Å². The van der Waals surface area contributed by atoms with E-state index in [2.05, 4.69) is 40.4 Å². The van der Waals surface area contributed by atoms with Gasteiger partial charge in [-0.25, -0.2) is 9.97 Å². The van der Waals surface area contributed by atoms with E-state index in [1.807, 2.05) is 31.3 Å². The molecule has 1 aliphatic heterocycles. The number of hydrogen-bond donors (Lipinski definition) is 0. The van der Waals surface area contributed by atoms with Gasteiger partial charge in [-0.2, -0.15) is 0 Å². The minimum atomic E-state index is 0.568. The summed E-state index contributed by atoms with van der Waals surface area (Å²) in [7, 11) is 0. The fraction of sp³-hybridized carbons (Fsp3) is 0.500. The molecule has 1 saturated carbocycles. The lowest BCUT2D eigenvalue weighted by Crippen LogP contribution is -2.46. The molecule has 5 rings (SSSR count). The molecule has 0 radical (unpaired) electrons. The van der Waals surface area contributed by atoms with Gasteiger partial charge in [0.1, 0.15) is 12.1 Å². The number of rotatable bonds is 5. The van der Waals surface area contributed by atoms with Crippen molar-refractivity contribution in [2.24, 2.45) is 0 Å². The van der Waals surface area contributed by atoms with Gasteiger partial charge in [0, 0.05) is 43.1 Å². The van der Waals surface area contributed by atoms with E-state index < -0.39 is 0 Å². The molecule has 140 valence electrons. The molecule has 27 heavy (non-hydrogen) atoms. The van der Waals surface area contributed by atoms with Crippen LogP contribution in [0.2, 0.25) is 0 Å². The van der Waals surface area contributed by atoms with Gasteiger partial charge < -0.3 is 4.90 Å². The van der Waals surface area contributed by atoms with E-state index in [1.165, 1.54) is 12.8 Å². The topological polar surface area (TPSA) is 62.5 Å². The second-order valence-corrected chi connectivity index (χ2v) is 7.71. The van der Waals surface area contributed by atoms with E-state index in [9.17, 15) is 0 Å². The van der Waals surface area contributed by atoms with Gasteiger partial charge in [-0.15, -0.1) is 10.2 Å². The van der Waals surface area contributed by atoms with E-state index in [0.717, 1.165) is 55.5 Å². The van der Waals surface area contributed by atoms with Gasteiger partial charge in [-0.3, -0.25) is 9.30 Å². The zero-order chi connectivity index (χ0) is 18.2. The number of pyridine rings is 1. The van der Waals surface area contributed by atoms with Crippen LogP contribution in [0.4, 0.5) is 5.82 Å². The van der Waals surface area contributed by atoms with Gasteiger partial charge in [0.05, 0.1) is 6.54 Å². The number of nitrogens with zero attached hydrogens (tertiary/aromatic N) is 7. The molecule has 3 aromatic rings. The molecular weight excluding hydrogens is 338 g/mol. The fourth-order valence-corrected chi connectivity index (χ4v) is 4.16. The Bertz CT molecular complexity index is 925. The van der Waals surface area contributed by atoms with Crippen molar-refractivity contribution in [2.75, 3.05) is 18.0 Å². The third-order valence-electron chi connectivity index (χ3n) is 5.69.